The van der Waals surface area contributed by atoms with E-state index in [2.05, 4.69) is 36.6 Å². The second-order valence-corrected chi connectivity index (χ2v) is 6.66. The molecule has 0 radical (unpaired) electrons. The van der Waals surface area contributed by atoms with Gasteiger partial charge in [0.1, 0.15) is 0 Å². The van der Waals surface area contributed by atoms with Crippen LogP contribution in [0.5, 0.6) is 0 Å². The average molecular weight is 381 g/mol. The van der Waals surface area contributed by atoms with Gasteiger partial charge in [0.2, 0.25) is 0 Å². The third-order valence-electron chi connectivity index (χ3n) is 4.56. The van der Waals surface area contributed by atoms with Gasteiger partial charge in [0.25, 0.3) is 5.91 Å². The number of nitrogens with one attached hydrogen (secondary N) is 2. The lowest BCUT2D eigenvalue weighted by Crippen LogP contribution is -2.14. The molecule has 0 aliphatic heterocycles. The van der Waals surface area contributed by atoms with Crippen molar-refractivity contribution < 1.29 is 13.6 Å². The van der Waals surface area contributed by atoms with Crippen LogP contribution < -0.4 is 16.4 Å². The maximum absolute atomic E-state index is 13.3. The number of nitrogen functional groups attached to an aromatic ring is 1. The van der Waals surface area contributed by atoms with E-state index in [1.807, 2.05) is 18.2 Å². The largest absolute Gasteiger partial charge is 0.397 e. The molecule has 3 rings (SSSR count). The lowest BCUT2D eigenvalue weighted by molar-refractivity contribution is 0.102. The Labute approximate surface area is 162 Å². The number of aryl methyl sites for hydroxylation is 2. The van der Waals surface area contributed by atoms with Gasteiger partial charge in [0, 0.05) is 29.9 Å². The van der Waals surface area contributed by atoms with Gasteiger partial charge in [0.15, 0.2) is 11.6 Å². The Bertz CT molecular complexity index is 1020. The van der Waals surface area contributed by atoms with Gasteiger partial charge in [-0.05, 0) is 54.8 Å². The summed E-state index contributed by atoms with van der Waals surface area (Å²) in [6.45, 7) is 4.74. The van der Waals surface area contributed by atoms with Crippen LogP contribution in [-0.2, 0) is 6.54 Å². The Hall–Kier alpha value is -3.41. The molecule has 0 aliphatic carbocycles. The Kier molecular flexibility index (Phi) is 5.59. The monoisotopic (exact) mass is 381 g/mol. The van der Waals surface area contributed by atoms with E-state index in [-0.39, 0.29) is 11.4 Å². The molecule has 0 fully saturated rings. The SMILES string of the molecule is Cc1ccc(NCc2ccc(C(=O)Nc3cc(F)c(F)cc3N)cc2)cc1C. The molecular formula is C22H21F2N3O. The van der Waals surface area contributed by atoms with Crippen LogP contribution in [0.3, 0.4) is 0 Å². The molecule has 144 valence electrons. The van der Waals surface area contributed by atoms with Crippen LogP contribution >= 0.6 is 0 Å². The molecule has 0 atom stereocenters. The molecule has 0 heterocycles. The molecule has 0 spiro atoms. The highest BCUT2D eigenvalue weighted by Gasteiger charge is 2.12. The molecule has 0 bridgehead atoms. The van der Waals surface area contributed by atoms with Crippen molar-refractivity contribution in [2.45, 2.75) is 20.4 Å². The van der Waals surface area contributed by atoms with Gasteiger partial charge in [-0.3, -0.25) is 4.79 Å². The van der Waals surface area contributed by atoms with Gasteiger partial charge in [-0.1, -0.05) is 18.2 Å². The molecular weight excluding hydrogens is 360 g/mol. The molecule has 3 aromatic rings. The highest BCUT2D eigenvalue weighted by atomic mass is 19.2. The summed E-state index contributed by atoms with van der Waals surface area (Å²) in [6.07, 6.45) is 0. The van der Waals surface area contributed by atoms with Crippen molar-refractivity contribution in [3.05, 3.63) is 88.5 Å². The van der Waals surface area contributed by atoms with Crippen molar-refractivity contribution >= 4 is 23.0 Å². The number of rotatable bonds is 5. The zero-order valence-electron chi connectivity index (χ0n) is 15.6. The first-order chi connectivity index (χ1) is 13.3. The molecule has 0 aliphatic rings. The summed E-state index contributed by atoms with van der Waals surface area (Å²) < 4.78 is 26.5. The van der Waals surface area contributed by atoms with Crippen LogP contribution in [0.15, 0.2) is 54.6 Å². The van der Waals surface area contributed by atoms with Gasteiger partial charge < -0.3 is 16.4 Å². The van der Waals surface area contributed by atoms with Crippen molar-refractivity contribution in [2.75, 3.05) is 16.4 Å². The third-order valence-corrected chi connectivity index (χ3v) is 4.56. The van der Waals surface area contributed by atoms with Crippen LogP contribution in [-0.4, -0.2) is 5.91 Å². The van der Waals surface area contributed by atoms with Crippen molar-refractivity contribution in [3.63, 3.8) is 0 Å². The second kappa shape index (κ2) is 8.08. The Morgan fingerprint density at radius 3 is 2.29 bits per heavy atom. The minimum absolute atomic E-state index is 0.0318. The molecule has 0 aromatic heterocycles. The third kappa shape index (κ3) is 4.46. The lowest BCUT2D eigenvalue weighted by atomic mass is 10.1. The van der Waals surface area contributed by atoms with Gasteiger partial charge in [0.05, 0.1) is 11.4 Å². The summed E-state index contributed by atoms with van der Waals surface area (Å²) in [4.78, 5) is 12.3. The van der Waals surface area contributed by atoms with E-state index in [4.69, 9.17) is 5.73 Å². The molecule has 28 heavy (non-hydrogen) atoms. The first-order valence-electron chi connectivity index (χ1n) is 8.79. The quantitative estimate of drug-likeness (QED) is 0.543. The number of hydrogen-bond donors (Lipinski definition) is 3. The smallest absolute Gasteiger partial charge is 0.255 e. The van der Waals surface area contributed by atoms with E-state index in [0.717, 1.165) is 23.4 Å². The number of hydrogen-bond acceptors (Lipinski definition) is 3. The highest BCUT2D eigenvalue weighted by Crippen LogP contribution is 2.23. The van der Waals surface area contributed by atoms with Crippen molar-refractivity contribution in [1.29, 1.82) is 0 Å². The van der Waals surface area contributed by atoms with E-state index in [1.54, 1.807) is 12.1 Å². The van der Waals surface area contributed by atoms with E-state index in [9.17, 15) is 13.6 Å². The zero-order chi connectivity index (χ0) is 20.3. The van der Waals surface area contributed by atoms with Crippen LogP contribution in [0.25, 0.3) is 0 Å². The van der Waals surface area contributed by atoms with Crippen molar-refractivity contribution in [3.8, 4) is 0 Å². The summed E-state index contributed by atoms with van der Waals surface area (Å²) in [7, 11) is 0. The fourth-order valence-electron chi connectivity index (χ4n) is 2.69. The summed E-state index contributed by atoms with van der Waals surface area (Å²) >= 11 is 0. The molecule has 0 unspecified atom stereocenters. The van der Waals surface area contributed by atoms with Gasteiger partial charge in [-0.2, -0.15) is 0 Å². The Morgan fingerprint density at radius 2 is 1.61 bits per heavy atom. The maximum Gasteiger partial charge on any atom is 0.255 e. The minimum atomic E-state index is -1.07. The minimum Gasteiger partial charge on any atom is -0.397 e. The number of amides is 1. The number of carbonyl (C=O) groups is 1. The van der Waals surface area contributed by atoms with E-state index < -0.39 is 17.5 Å². The van der Waals surface area contributed by atoms with Crippen LogP contribution in [0, 0.1) is 25.5 Å². The molecule has 6 heteroatoms. The molecule has 3 aromatic carbocycles. The van der Waals surface area contributed by atoms with Gasteiger partial charge in [-0.25, -0.2) is 8.78 Å². The predicted molar refractivity (Wildman–Crippen MR) is 108 cm³/mol. The maximum atomic E-state index is 13.3. The number of anilines is 3. The molecule has 0 saturated carbocycles. The molecule has 4 nitrogen and oxygen atoms in total. The lowest BCUT2D eigenvalue weighted by Gasteiger charge is -2.11. The normalized spacial score (nSPS) is 10.6. The topological polar surface area (TPSA) is 67.2 Å². The van der Waals surface area contributed by atoms with Crippen LogP contribution in [0.4, 0.5) is 25.8 Å². The van der Waals surface area contributed by atoms with Crippen molar-refractivity contribution in [2.24, 2.45) is 0 Å². The first kappa shape index (κ1) is 19.4. The van der Waals surface area contributed by atoms with E-state index in [0.29, 0.717) is 12.1 Å². The second-order valence-electron chi connectivity index (χ2n) is 6.66. The average Bonchev–Trinajstić information content (AvgIpc) is 2.67. The fraction of sp³-hybridized carbons (Fsp3) is 0.136. The predicted octanol–water partition coefficient (Wildman–Crippen LogP) is 5.03. The Morgan fingerprint density at radius 1 is 0.929 bits per heavy atom. The zero-order valence-corrected chi connectivity index (χ0v) is 15.6. The standard InChI is InChI=1S/C22H21F2N3O/c1-13-3-8-17(9-14(13)2)26-12-15-4-6-16(7-5-15)22(28)27-21-11-19(24)18(23)10-20(21)25/h3-11,26H,12,25H2,1-2H3,(H,27,28). The first-order valence-corrected chi connectivity index (χ1v) is 8.79. The van der Waals surface area contributed by atoms with Crippen LogP contribution in [0.2, 0.25) is 0 Å². The van der Waals surface area contributed by atoms with Crippen molar-refractivity contribution in [1.82, 2.24) is 0 Å². The summed E-state index contributed by atoms with van der Waals surface area (Å²) in [6, 6.07) is 14.9. The van der Waals surface area contributed by atoms with E-state index >= 15 is 0 Å². The Balaban J connectivity index is 1.64. The fourth-order valence-corrected chi connectivity index (χ4v) is 2.69. The highest BCUT2D eigenvalue weighted by molar-refractivity contribution is 6.05. The van der Waals surface area contributed by atoms with Gasteiger partial charge in [-0.15, -0.1) is 0 Å². The van der Waals surface area contributed by atoms with E-state index in [1.165, 1.54) is 11.1 Å². The number of carbonyl (C=O) groups excluding carboxylic acids is 1. The summed E-state index contributed by atoms with van der Waals surface area (Å²) in [5, 5.41) is 5.84. The molecule has 4 N–H and O–H groups in total. The number of nitrogens with two attached hydrogens (primary N) is 1. The summed E-state index contributed by atoms with van der Waals surface area (Å²) in [5.41, 5.74) is 10.5. The van der Waals surface area contributed by atoms with Crippen LogP contribution in [0.1, 0.15) is 27.0 Å². The number of halogens is 2. The molecule has 0 saturated heterocycles. The number of benzene rings is 3. The van der Waals surface area contributed by atoms with Gasteiger partial charge >= 0.3 is 0 Å². The summed E-state index contributed by atoms with van der Waals surface area (Å²) in [5.74, 6) is -2.58. The molecule has 1 amide bonds.